The highest BCUT2D eigenvalue weighted by Gasteiger charge is 1.98. The molecule has 0 saturated carbocycles. The maximum Gasteiger partial charge on any atom is 0.120 e. The van der Waals surface area contributed by atoms with E-state index >= 15 is 0 Å². The van der Waals surface area contributed by atoms with Gasteiger partial charge in [0.15, 0.2) is 0 Å². The number of rotatable bonds is 5. The molecule has 2 heteroatoms. The van der Waals surface area contributed by atoms with Crippen LogP contribution in [0.25, 0.3) is 0 Å². The van der Waals surface area contributed by atoms with E-state index in [0.29, 0.717) is 0 Å². The highest BCUT2D eigenvalue weighted by molar-refractivity contribution is 6.31. The highest BCUT2D eigenvalue weighted by Crippen LogP contribution is 2.21. The molecule has 78 valence electrons. The van der Waals surface area contributed by atoms with Gasteiger partial charge in [-0.2, -0.15) is 0 Å². The first-order valence-corrected chi connectivity index (χ1v) is 5.50. The van der Waals surface area contributed by atoms with Gasteiger partial charge in [-0.05, 0) is 31.0 Å². The van der Waals surface area contributed by atoms with Crippen LogP contribution in [0.3, 0.4) is 0 Å². The maximum absolute atomic E-state index is 5.97. The van der Waals surface area contributed by atoms with Crippen LogP contribution in [0.1, 0.15) is 31.7 Å². The summed E-state index contributed by atoms with van der Waals surface area (Å²) in [5.74, 6) is 0.872. The summed E-state index contributed by atoms with van der Waals surface area (Å²) >= 11 is 5.97. The first-order valence-electron chi connectivity index (χ1n) is 5.13. The van der Waals surface area contributed by atoms with Crippen molar-refractivity contribution in [3.05, 3.63) is 28.8 Å². The molecule has 1 rings (SSSR count). The molecule has 0 heterocycles. The molecule has 0 aliphatic carbocycles. The molecular weight excluding hydrogens is 196 g/mol. The van der Waals surface area contributed by atoms with Gasteiger partial charge in [0.1, 0.15) is 5.75 Å². The molecule has 0 amide bonds. The number of aryl methyl sites for hydroxylation is 1. The van der Waals surface area contributed by atoms with E-state index in [4.69, 9.17) is 16.3 Å². The van der Waals surface area contributed by atoms with Crippen LogP contribution in [0.15, 0.2) is 18.2 Å². The third-order valence-electron chi connectivity index (χ3n) is 2.16. The Hall–Kier alpha value is -0.690. The van der Waals surface area contributed by atoms with Gasteiger partial charge in [-0.15, -0.1) is 0 Å². The van der Waals surface area contributed by atoms with Gasteiger partial charge in [-0.25, -0.2) is 0 Å². The Morgan fingerprint density at radius 3 is 2.71 bits per heavy atom. The quantitative estimate of drug-likeness (QED) is 0.665. The summed E-state index contributed by atoms with van der Waals surface area (Å²) in [7, 11) is 0. The second-order valence-corrected chi connectivity index (χ2v) is 3.87. The zero-order valence-corrected chi connectivity index (χ0v) is 9.60. The standard InChI is InChI=1S/C12H17ClO/c1-3-4-5-8-14-11-7-6-10(2)12(13)9-11/h6-7,9H,3-5,8H2,1-2H3. The molecule has 0 atom stereocenters. The van der Waals surface area contributed by atoms with Crippen molar-refractivity contribution in [1.82, 2.24) is 0 Å². The predicted octanol–water partition coefficient (Wildman–Crippen LogP) is 4.22. The Morgan fingerprint density at radius 2 is 2.07 bits per heavy atom. The minimum Gasteiger partial charge on any atom is -0.494 e. The van der Waals surface area contributed by atoms with Crippen LogP contribution < -0.4 is 4.74 Å². The van der Waals surface area contributed by atoms with Gasteiger partial charge in [0.2, 0.25) is 0 Å². The molecule has 14 heavy (non-hydrogen) atoms. The third kappa shape index (κ3) is 3.59. The molecule has 0 aliphatic rings. The molecule has 0 bridgehead atoms. The Morgan fingerprint density at radius 1 is 1.29 bits per heavy atom. The molecule has 1 aromatic rings. The monoisotopic (exact) mass is 212 g/mol. The molecule has 0 radical (unpaired) electrons. The van der Waals surface area contributed by atoms with Crippen LogP contribution in [0, 0.1) is 6.92 Å². The molecule has 0 spiro atoms. The van der Waals surface area contributed by atoms with Gasteiger partial charge < -0.3 is 4.74 Å². The van der Waals surface area contributed by atoms with E-state index in [9.17, 15) is 0 Å². The van der Waals surface area contributed by atoms with Gasteiger partial charge in [-0.1, -0.05) is 37.4 Å². The third-order valence-corrected chi connectivity index (χ3v) is 2.57. The van der Waals surface area contributed by atoms with Crippen molar-refractivity contribution >= 4 is 11.6 Å². The van der Waals surface area contributed by atoms with Crippen molar-refractivity contribution in [1.29, 1.82) is 0 Å². The second-order valence-electron chi connectivity index (χ2n) is 3.47. The Labute approximate surface area is 91.0 Å². The average molecular weight is 213 g/mol. The van der Waals surface area contributed by atoms with Crippen molar-refractivity contribution in [2.75, 3.05) is 6.61 Å². The van der Waals surface area contributed by atoms with Crippen molar-refractivity contribution in [3.63, 3.8) is 0 Å². The number of unbranched alkanes of at least 4 members (excludes halogenated alkanes) is 2. The normalized spacial score (nSPS) is 10.2. The van der Waals surface area contributed by atoms with Crippen LogP contribution in [-0.4, -0.2) is 6.61 Å². The predicted molar refractivity (Wildman–Crippen MR) is 61.2 cm³/mol. The Balaban J connectivity index is 2.39. The van der Waals surface area contributed by atoms with Crippen LogP contribution in [0.4, 0.5) is 0 Å². The van der Waals surface area contributed by atoms with Gasteiger partial charge in [0.25, 0.3) is 0 Å². The number of hydrogen-bond acceptors (Lipinski definition) is 1. The molecule has 0 fully saturated rings. The number of hydrogen-bond donors (Lipinski definition) is 0. The first kappa shape index (κ1) is 11.4. The van der Waals surface area contributed by atoms with E-state index in [2.05, 4.69) is 6.92 Å². The fourth-order valence-corrected chi connectivity index (χ4v) is 1.38. The molecular formula is C12H17ClO. The minimum atomic E-state index is 0.776. The van der Waals surface area contributed by atoms with Crippen molar-refractivity contribution in [2.24, 2.45) is 0 Å². The Bertz CT molecular complexity index is 284. The molecule has 0 N–H and O–H groups in total. The van der Waals surface area contributed by atoms with Crippen LogP contribution in [0.5, 0.6) is 5.75 Å². The van der Waals surface area contributed by atoms with E-state index in [-0.39, 0.29) is 0 Å². The van der Waals surface area contributed by atoms with E-state index in [0.717, 1.165) is 29.4 Å². The largest absolute Gasteiger partial charge is 0.494 e. The highest BCUT2D eigenvalue weighted by atomic mass is 35.5. The topological polar surface area (TPSA) is 9.23 Å². The lowest BCUT2D eigenvalue weighted by molar-refractivity contribution is 0.306. The molecule has 0 saturated heterocycles. The molecule has 1 nitrogen and oxygen atoms in total. The van der Waals surface area contributed by atoms with Crippen LogP contribution in [0.2, 0.25) is 5.02 Å². The summed E-state index contributed by atoms with van der Waals surface area (Å²) in [6.07, 6.45) is 3.56. The van der Waals surface area contributed by atoms with Crippen LogP contribution >= 0.6 is 11.6 Å². The lowest BCUT2D eigenvalue weighted by Crippen LogP contribution is -1.96. The van der Waals surface area contributed by atoms with Gasteiger partial charge in [-0.3, -0.25) is 0 Å². The zero-order chi connectivity index (χ0) is 10.4. The molecule has 0 unspecified atom stereocenters. The second kappa shape index (κ2) is 5.92. The lowest BCUT2D eigenvalue weighted by Gasteiger charge is -2.06. The first-order chi connectivity index (χ1) is 6.74. The summed E-state index contributed by atoms with van der Waals surface area (Å²) in [6, 6.07) is 5.83. The van der Waals surface area contributed by atoms with E-state index in [1.807, 2.05) is 25.1 Å². The number of halogens is 1. The zero-order valence-electron chi connectivity index (χ0n) is 8.85. The number of benzene rings is 1. The van der Waals surface area contributed by atoms with Crippen molar-refractivity contribution < 1.29 is 4.74 Å². The Kier molecular flexibility index (Phi) is 4.81. The molecule has 0 aliphatic heterocycles. The summed E-state index contributed by atoms with van der Waals surface area (Å²) in [4.78, 5) is 0. The van der Waals surface area contributed by atoms with E-state index in [1.54, 1.807) is 0 Å². The summed E-state index contributed by atoms with van der Waals surface area (Å²) in [5.41, 5.74) is 1.09. The van der Waals surface area contributed by atoms with Gasteiger partial charge in [0, 0.05) is 5.02 Å². The fourth-order valence-electron chi connectivity index (χ4n) is 1.21. The van der Waals surface area contributed by atoms with Gasteiger partial charge >= 0.3 is 0 Å². The van der Waals surface area contributed by atoms with E-state index in [1.165, 1.54) is 12.8 Å². The van der Waals surface area contributed by atoms with Gasteiger partial charge in [0.05, 0.1) is 6.61 Å². The molecule has 1 aromatic carbocycles. The van der Waals surface area contributed by atoms with Crippen LogP contribution in [-0.2, 0) is 0 Å². The SMILES string of the molecule is CCCCCOc1ccc(C)c(Cl)c1. The number of ether oxygens (including phenoxy) is 1. The average Bonchev–Trinajstić information content (AvgIpc) is 2.18. The van der Waals surface area contributed by atoms with Crippen molar-refractivity contribution in [3.8, 4) is 5.75 Å². The van der Waals surface area contributed by atoms with Crippen molar-refractivity contribution in [2.45, 2.75) is 33.1 Å². The summed E-state index contributed by atoms with van der Waals surface area (Å²) in [5, 5.41) is 0.776. The van der Waals surface area contributed by atoms with E-state index < -0.39 is 0 Å². The summed E-state index contributed by atoms with van der Waals surface area (Å²) < 4.78 is 5.56. The minimum absolute atomic E-state index is 0.776. The lowest BCUT2D eigenvalue weighted by atomic mass is 10.2. The fraction of sp³-hybridized carbons (Fsp3) is 0.500. The molecule has 0 aromatic heterocycles. The maximum atomic E-state index is 5.97. The smallest absolute Gasteiger partial charge is 0.120 e. The summed E-state index contributed by atoms with van der Waals surface area (Å²) in [6.45, 7) is 4.96.